The second kappa shape index (κ2) is 7.11. The van der Waals surface area contributed by atoms with Gasteiger partial charge < -0.3 is 14.8 Å². The van der Waals surface area contributed by atoms with Gasteiger partial charge in [-0.05, 0) is 37.1 Å². The highest BCUT2D eigenvalue weighted by atomic mass is 15.2. The fourth-order valence-corrected chi connectivity index (χ4v) is 3.58. The van der Waals surface area contributed by atoms with Crippen molar-refractivity contribution in [3.63, 3.8) is 0 Å². The van der Waals surface area contributed by atoms with E-state index in [2.05, 4.69) is 74.4 Å². The zero-order valence-electron chi connectivity index (χ0n) is 14.6. The van der Waals surface area contributed by atoms with Crippen molar-refractivity contribution in [2.75, 3.05) is 18.0 Å². The van der Waals surface area contributed by atoms with Crippen LogP contribution in [-0.2, 0) is 6.54 Å². The summed E-state index contributed by atoms with van der Waals surface area (Å²) in [6, 6.07) is 19.8. The standard InChI is InChI=1S/C21H24N4/c1-17-22-12-14-25(17)21-10-6-5-7-18(21)15-23-19-11-13-24(16-19)20-8-3-2-4-9-20/h2-10,12,14,19,23H,11,13,15-16H2,1H3. The van der Waals surface area contributed by atoms with E-state index in [9.17, 15) is 0 Å². The largest absolute Gasteiger partial charge is 0.370 e. The van der Waals surface area contributed by atoms with Crippen molar-refractivity contribution in [2.24, 2.45) is 0 Å². The van der Waals surface area contributed by atoms with E-state index in [4.69, 9.17) is 0 Å². The Morgan fingerprint density at radius 3 is 2.68 bits per heavy atom. The van der Waals surface area contributed by atoms with Gasteiger partial charge in [-0.2, -0.15) is 0 Å². The van der Waals surface area contributed by atoms with Crippen LogP contribution in [0.4, 0.5) is 5.69 Å². The molecule has 4 rings (SSSR count). The Hall–Kier alpha value is -2.59. The average molecular weight is 332 g/mol. The highest BCUT2D eigenvalue weighted by molar-refractivity contribution is 5.47. The van der Waals surface area contributed by atoms with Crippen LogP contribution in [0, 0.1) is 6.92 Å². The highest BCUT2D eigenvalue weighted by Gasteiger charge is 2.22. The number of rotatable bonds is 5. The van der Waals surface area contributed by atoms with Crippen LogP contribution in [0.1, 0.15) is 17.8 Å². The first-order valence-corrected chi connectivity index (χ1v) is 8.93. The van der Waals surface area contributed by atoms with Crippen LogP contribution >= 0.6 is 0 Å². The molecule has 0 aliphatic carbocycles. The fourth-order valence-electron chi connectivity index (χ4n) is 3.58. The zero-order valence-corrected chi connectivity index (χ0v) is 14.6. The summed E-state index contributed by atoms with van der Waals surface area (Å²) in [5.41, 5.74) is 3.84. The molecule has 0 amide bonds. The number of benzene rings is 2. The normalized spacial score (nSPS) is 17.2. The lowest BCUT2D eigenvalue weighted by Crippen LogP contribution is -2.32. The number of para-hydroxylation sites is 2. The molecule has 1 N–H and O–H groups in total. The molecule has 2 aromatic carbocycles. The molecular formula is C21H24N4. The molecule has 0 spiro atoms. The Morgan fingerprint density at radius 1 is 1.08 bits per heavy atom. The second-order valence-corrected chi connectivity index (χ2v) is 6.62. The third-order valence-electron chi connectivity index (χ3n) is 4.97. The van der Waals surface area contributed by atoms with Crippen molar-refractivity contribution in [2.45, 2.75) is 25.9 Å². The summed E-state index contributed by atoms with van der Waals surface area (Å²) in [5, 5.41) is 3.74. The summed E-state index contributed by atoms with van der Waals surface area (Å²) in [7, 11) is 0. The van der Waals surface area contributed by atoms with E-state index >= 15 is 0 Å². The van der Waals surface area contributed by atoms with Gasteiger partial charge in [-0.15, -0.1) is 0 Å². The molecule has 1 aromatic heterocycles. The van der Waals surface area contributed by atoms with E-state index in [-0.39, 0.29) is 0 Å². The highest BCUT2D eigenvalue weighted by Crippen LogP contribution is 2.21. The van der Waals surface area contributed by atoms with Gasteiger partial charge in [-0.3, -0.25) is 0 Å². The van der Waals surface area contributed by atoms with Crippen molar-refractivity contribution < 1.29 is 0 Å². The minimum absolute atomic E-state index is 0.525. The van der Waals surface area contributed by atoms with Crippen LogP contribution in [0.5, 0.6) is 0 Å². The molecule has 128 valence electrons. The van der Waals surface area contributed by atoms with Crippen molar-refractivity contribution in [3.05, 3.63) is 78.4 Å². The van der Waals surface area contributed by atoms with Gasteiger partial charge in [0, 0.05) is 43.8 Å². The van der Waals surface area contributed by atoms with E-state index in [1.165, 1.54) is 23.4 Å². The van der Waals surface area contributed by atoms with Gasteiger partial charge in [0.25, 0.3) is 0 Å². The molecule has 0 bridgehead atoms. The number of aryl methyl sites for hydroxylation is 1. The maximum absolute atomic E-state index is 4.35. The monoisotopic (exact) mass is 332 g/mol. The predicted molar refractivity (Wildman–Crippen MR) is 102 cm³/mol. The number of hydrogen-bond acceptors (Lipinski definition) is 3. The smallest absolute Gasteiger partial charge is 0.110 e. The SMILES string of the molecule is Cc1nccn1-c1ccccc1CNC1CCN(c2ccccc2)C1. The average Bonchev–Trinajstić information content (AvgIpc) is 3.30. The summed E-state index contributed by atoms with van der Waals surface area (Å²) in [4.78, 5) is 6.81. The van der Waals surface area contributed by atoms with Crippen LogP contribution in [0.2, 0.25) is 0 Å². The molecule has 1 aliphatic rings. The van der Waals surface area contributed by atoms with Crippen LogP contribution in [-0.4, -0.2) is 28.7 Å². The maximum atomic E-state index is 4.35. The first-order chi connectivity index (χ1) is 12.3. The third-order valence-corrected chi connectivity index (χ3v) is 4.97. The van der Waals surface area contributed by atoms with E-state index in [0.717, 1.165) is 25.5 Å². The molecular weight excluding hydrogens is 308 g/mol. The van der Waals surface area contributed by atoms with Crippen LogP contribution in [0.15, 0.2) is 67.0 Å². The van der Waals surface area contributed by atoms with Gasteiger partial charge in [0.15, 0.2) is 0 Å². The Labute approximate surface area is 149 Å². The predicted octanol–water partition coefficient (Wildman–Crippen LogP) is 3.55. The Morgan fingerprint density at radius 2 is 1.88 bits per heavy atom. The minimum atomic E-state index is 0.525. The summed E-state index contributed by atoms with van der Waals surface area (Å²) >= 11 is 0. The third kappa shape index (κ3) is 3.44. The van der Waals surface area contributed by atoms with E-state index in [0.29, 0.717) is 6.04 Å². The number of aromatic nitrogens is 2. The fraction of sp³-hybridized carbons (Fsp3) is 0.286. The van der Waals surface area contributed by atoms with E-state index in [1.807, 2.05) is 19.3 Å². The lowest BCUT2D eigenvalue weighted by molar-refractivity contribution is 0.550. The number of nitrogens with zero attached hydrogens (tertiary/aromatic N) is 3. The summed E-state index contributed by atoms with van der Waals surface area (Å²) in [5.74, 6) is 1.02. The van der Waals surface area contributed by atoms with E-state index < -0.39 is 0 Å². The number of nitrogens with one attached hydrogen (secondary N) is 1. The van der Waals surface area contributed by atoms with Crippen molar-refractivity contribution in [3.8, 4) is 5.69 Å². The molecule has 1 unspecified atom stereocenters. The molecule has 25 heavy (non-hydrogen) atoms. The quantitative estimate of drug-likeness (QED) is 0.776. The van der Waals surface area contributed by atoms with Crippen LogP contribution in [0.3, 0.4) is 0 Å². The van der Waals surface area contributed by atoms with Crippen LogP contribution in [0.25, 0.3) is 5.69 Å². The molecule has 0 radical (unpaired) electrons. The lowest BCUT2D eigenvalue weighted by Gasteiger charge is -2.19. The Kier molecular flexibility index (Phi) is 4.53. The second-order valence-electron chi connectivity index (χ2n) is 6.62. The van der Waals surface area contributed by atoms with Gasteiger partial charge in [-0.25, -0.2) is 4.98 Å². The molecule has 1 saturated heterocycles. The topological polar surface area (TPSA) is 33.1 Å². The van der Waals surface area contributed by atoms with Gasteiger partial charge in [0.1, 0.15) is 5.82 Å². The number of imidazole rings is 1. The summed E-state index contributed by atoms with van der Waals surface area (Å²) in [6.07, 6.45) is 5.07. The number of hydrogen-bond donors (Lipinski definition) is 1. The summed E-state index contributed by atoms with van der Waals surface area (Å²) in [6.45, 7) is 5.10. The molecule has 1 atom stereocenters. The van der Waals surface area contributed by atoms with E-state index in [1.54, 1.807) is 0 Å². The molecule has 1 fully saturated rings. The zero-order chi connectivity index (χ0) is 17.1. The molecule has 1 aliphatic heterocycles. The number of anilines is 1. The molecule has 2 heterocycles. The molecule has 3 aromatic rings. The Bertz CT molecular complexity index is 825. The minimum Gasteiger partial charge on any atom is -0.370 e. The Balaban J connectivity index is 1.42. The lowest BCUT2D eigenvalue weighted by atomic mass is 10.1. The van der Waals surface area contributed by atoms with Gasteiger partial charge in [0.05, 0.1) is 5.69 Å². The first-order valence-electron chi connectivity index (χ1n) is 8.93. The van der Waals surface area contributed by atoms with Gasteiger partial charge in [-0.1, -0.05) is 36.4 Å². The van der Waals surface area contributed by atoms with Crippen molar-refractivity contribution in [1.82, 2.24) is 14.9 Å². The van der Waals surface area contributed by atoms with Gasteiger partial charge in [0.2, 0.25) is 0 Å². The van der Waals surface area contributed by atoms with Crippen molar-refractivity contribution >= 4 is 5.69 Å². The molecule has 4 nitrogen and oxygen atoms in total. The van der Waals surface area contributed by atoms with Crippen LogP contribution < -0.4 is 10.2 Å². The summed E-state index contributed by atoms with van der Waals surface area (Å²) < 4.78 is 2.15. The maximum Gasteiger partial charge on any atom is 0.110 e. The molecule has 0 saturated carbocycles. The van der Waals surface area contributed by atoms with Crippen molar-refractivity contribution in [1.29, 1.82) is 0 Å². The first kappa shape index (κ1) is 15.9. The van der Waals surface area contributed by atoms with Gasteiger partial charge >= 0.3 is 0 Å². The molecule has 4 heteroatoms.